The summed E-state index contributed by atoms with van der Waals surface area (Å²) in [5.74, 6) is 0. The highest BCUT2D eigenvalue weighted by Gasteiger charge is 2.04. The molecule has 0 atom stereocenters. The summed E-state index contributed by atoms with van der Waals surface area (Å²) in [4.78, 5) is 11.6. The number of likely N-dealkylation sites (tertiary alicyclic amines) is 1. The topological polar surface area (TPSA) is 29.0 Å². The maximum atomic E-state index is 4.63. The lowest BCUT2D eigenvalue weighted by Gasteiger charge is -2.04. The van der Waals surface area contributed by atoms with E-state index in [1.54, 1.807) is 0 Å². The van der Waals surface area contributed by atoms with E-state index in [1.165, 1.54) is 25.9 Å². The molecule has 132 valence electrons. The van der Waals surface area contributed by atoms with Crippen molar-refractivity contribution in [3.05, 3.63) is 41.7 Å². The molecule has 0 unspecified atom stereocenters. The number of allylic oxidation sites excluding steroid dienone is 1. The summed E-state index contributed by atoms with van der Waals surface area (Å²) < 4.78 is 0. The third-order valence-electron chi connectivity index (χ3n) is 3.85. The molecule has 1 aliphatic heterocycles. The van der Waals surface area contributed by atoms with Crippen molar-refractivity contribution in [2.45, 2.75) is 53.4 Å². The molecule has 2 heterocycles. The van der Waals surface area contributed by atoms with E-state index >= 15 is 0 Å². The van der Waals surface area contributed by atoms with Crippen LogP contribution in [0, 0.1) is 0 Å². The summed E-state index contributed by atoms with van der Waals surface area (Å²) >= 11 is 0. The fourth-order valence-corrected chi connectivity index (χ4v) is 2.55. The van der Waals surface area contributed by atoms with Crippen molar-refractivity contribution < 1.29 is 0 Å². The monoisotopic (exact) mass is 327 g/mol. The predicted molar refractivity (Wildman–Crippen MR) is 106 cm³/mol. The fraction of sp³-hybridized carbons (Fsp3) is 0.524. The lowest BCUT2D eigenvalue weighted by molar-refractivity contribution is 0.418. The molecule has 0 bridgehead atoms. The molecule has 0 spiro atoms. The van der Waals surface area contributed by atoms with Crippen LogP contribution in [0.3, 0.4) is 0 Å². The van der Waals surface area contributed by atoms with Gasteiger partial charge < -0.3 is 4.90 Å². The highest BCUT2D eigenvalue weighted by Crippen LogP contribution is 2.14. The third kappa shape index (κ3) is 6.40. The first-order valence-electron chi connectivity index (χ1n) is 9.35. The largest absolute Gasteiger partial charge is 0.306 e. The van der Waals surface area contributed by atoms with Crippen LogP contribution in [0.25, 0.3) is 17.1 Å². The molecule has 1 fully saturated rings. The van der Waals surface area contributed by atoms with E-state index in [-0.39, 0.29) is 0 Å². The Hall–Kier alpha value is -1.74. The third-order valence-corrected chi connectivity index (χ3v) is 3.85. The quantitative estimate of drug-likeness (QED) is 0.760. The standard InChI is InChI=1S/C14H16N2.C5H11N.C2H6/c1-3-5-8-12-11(4-2)15-13-9-6-7-10-14(13)16-12;1-6-4-2-3-5-6;1-2/h5-10H,3-4H2,1-2H3;2-5H2,1H3;1-2H3/b8-5+;;. The Labute approximate surface area is 147 Å². The predicted octanol–water partition coefficient (Wildman–Crippen LogP) is 5.35. The maximum Gasteiger partial charge on any atom is 0.0894 e. The number of nitrogens with zero attached hydrogens (tertiary/aromatic N) is 3. The average Bonchev–Trinajstić information content (AvgIpc) is 3.12. The second-order valence-electron chi connectivity index (χ2n) is 5.72. The second-order valence-corrected chi connectivity index (χ2v) is 5.72. The molecule has 1 saturated heterocycles. The number of aryl methyl sites for hydroxylation is 1. The molecule has 0 aliphatic carbocycles. The Morgan fingerprint density at radius 3 is 2.04 bits per heavy atom. The fourth-order valence-electron chi connectivity index (χ4n) is 2.55. The van der Waals surface area contributed by atoms with Crippen LogP contribution in [0.15, 0.2) is 30.3 Å². The van der Waals surface area contributed by atoms with Gasteiger partial charge >= 0.3 is 0 Å². The minimum atomic E-state index is 0.918. The van der Waals surface area contributed by atoms with Gasteiger partial charge in [-0.15, -0.1) is 0 Å². The normalized spacial score (nSPS) is 14.2. The first-order valence-corrected chi connectivity index (χ1v) is 9.35. The molecule has 3 nitrogen and oxygen atoms in total. The number of benzene rings is 1. The van der Waals surface area contributed by atoms with Gasteiger partial charge in [-0.25, -0.2) is 9.97 Å². The second kappa shape index (κ2) is 11.7. The van der Waals surface area contributed by atoms with Crippen molar-refractivity contribution in [3.63, 3.8) is 0 Å². The first kappa shape index (κ1) is 20.3. The zero-order chi connectivity index (χ0) is 17.8. The SMILES string of the molecule is CC.CC/C=C/c1nc2ccccc2nc1CC.CN1CCCC1. The van der Waals surface area contributed by atoms with E-state index in [2.05, 4.69) is 47.9 Å². The Balaban J connectivity index is 0.000000300. The summed E-state index contributed by atoms with van der Waals surface area (Å²) in [5, 5.41) is 0. The van der Waals surface area contributed by atoms with E-state index in [1.807, 2.05) is 38.1 Å². The van der Waals surface area contributed by atoms with E-state index in [9.17, 15) is 0 Å². The van der Waals surface area contributed by atoms with Crippen LogP contribution in [0.5, 0.6) is 0 Å². The minimum absolute atomic E-state index is 0.918. The highest BCUT2D eigenvalue weighted by molar-refractivity contribution is 5.75. The molecule has 0 N–H and O–H groups in total. The molecular weight excluding hydrogens is 294 g/mol. The van der Waals surface area contributed by atoms with Crippen LogP contribution in [-0.2, 0) is 6.42 Å². The van der Waals surface area contributed by atoms with Gasteiger partial charge in [0.15, 0.2) is 0 Å². The van der Waals surface area contributed by atoms with Crippen LogP contribution < -0.4 is 0 Å². The Morgan fingerprint density at radius 1 is 1.00 bits per heavy atom. The molecule has 2 aromatic rings. The minimum Gasteiger partial charge on any atom is -0.306 e. The molecule has 0 amide bonds. The van der Waals surface area contributed by atoms with E-state index in [0.29, 0.717) is 0 Å². The average molecular weight is 328 g/mol. The summed E-state index contributed by atoms with van der Waals surface area (Å²) in [7, 11) is 2.17. The molecular formula is C21H33N3. The van der Waals surface area contributed by atoms with Crippen LogP contribution in [0.4, 0.5) is 0 Å². The van der Waals surface area contributed by atoms with Crippen molar-refractivity contribution in [1.29, 1.82) is 0 Å². The van der Waals surface area contributed by atoms with Gasteiger partial charge in [0, 0.05) is 0 Å². The van der Waals surface area contributed by atoms with Crippen LogP contribution in [-0.4, -0.2) is 35.0 Å². The summed E-state index contributed by atoms with van der Waals surface area (Å²) in [6.45, 7) is 10.9. The Kier molecular flexibility index (Phi) is 9.94. The van der Waals surface area contributed by atoms with Gasteiger partial charge in [0.05, 0.1) is 22.4 Å². The van der Waals surface area contributed by atoms with Gasteiger partial charge in [0.1, 0.15) is 0 Å². The number of para-hydroxylation sites is 2. The van der Waals surface area contributed by atoms with Crippen LogP contribution in [0.2, 0.25) is 0 Å². The number of aromatic nitrogens is 2. The number of rotatable bonds is 3. The van der Waals surface area contributed by atoms with Crippen molar-refractivity contribution in [1.82, 2.24) is 14.9 Å². The van der Waals surface area contributed by atoms with Gasteiger partial charge in [-0.3, -0.25) is 0 Å². The molecule has 3 heteroatoms. The molecule has 0 radical (unpaired) electrons. The molecule has 24 heavy (non-hydrogen) atoms. The van der Waals surface area contributed by atoms with E-state index < -0.39 is 0 Å². The van der Waals surface area contributed by atoms with Gasteiger partial charge in [-0.2, -0.15) is 0 Å². The van der Waals surface area contributed by atoms with Crippen LogP contribution in [0.1, 0.15) is 58.3 Å². The Morgan fingerprint density at radius 2 is 1.58 bits per heavy atom. The number of fused-ring (bicyclic) bond motifs is 1. The lowest BCUT2D eigenvalue weighted by atomic mass is 10.2. The molecule has 1 aromatic heterocycles. The van der Waals surface area contributed by atoms with E-state index in [0.717, 1.165) is 35.3 Å². The summed E-state index contributed by atoms with van der Waals surface area (Å²) in [6.07, 6.45) is 8.96. The van der Waals surface area contributed by atoms with E-state index in [4.69, 9.17) is 0 Å². The van der Waals surface area contributed by atoms with Gasteiger partial charge in [-0.1, -0.05) is 45.9 Å². The van der Waals surface area contributed by atoms with Crippen molar-refractivity contribution in [2.75, 3.05) is 20.1 Å². The first-order chi connectivity index (χ1) is 11.7. The van der Waals surface area contributed by atoms with Crippen molar-refractivity contribution >= 4 is 17.1 Å². The zero-order valence-electron chi connectivity index (χ0n) is 16.0. The highest BCUT2D eigenvalue weighted by atomic mass is 15.1. The molecule has 1 aromatic carbocycles. The van der Waals surface area contributed by atoms with Gasteiger partial charge in [0.25, 0.3) is 0 Å². The summed E-state index contributed by atoms with van der Waals surface area (Å²) in [5.41, 5.74) is 4.02. The van der Waals surface area contributed by atoms with Gasteiger partial charge in [0.2, 0.25) is 0 Å². The molecule has 1 aliphatic rings. The lowest BCUT2D eigenvalue weighted by Crippen LogP contribution is -2.10. The molecule has 0 saturated carbocycles. The number of hydrogen-bond acceptors (Lipinski definition) is 3. The molecule has 3 rings (SSSR count). The van der Waals surface area contributed by atoms with Crippen molar-refractivity contribution in [2.24, 2.45) is 0 Å². The zero-order valence-corrected chi connectivity index (χ0v) is 16.0. The Bertz CT molecular complexity index is 614. The van der Waals surface area contributed by atoms with Crippen molar-refractivity contribution in [3.8, 4) is 0 Å². The maximum absolute atomic E-state index is 4.63. The van der Waals surface area contributed by atoms with Crippen LogP contribution >= 0.6 is 0 Å². The summed E-state index contributed by atoms with van der Waals surface area (Å²) in [6, 6.07) is 8.01. The van der Waals surface area contributed by atoms with Gasteiger partial charge in [-0.05, 0) is 64.0 Å². The number of hydrogen-bond donors (Lipinski definition) is 0. The smallest absolute Gasteiger partial charge is 0.0894 e.